The van der Waals surface area contributed by atoms with Crippen LogP contribution in [0.2, 0.25) is 0 Å². The van der Waals surface area contributed by atoms with E-state index in [0.717, 1.165) is 11.1 Å². The number of ketones is 1. The van der Waals surface area contributed by atoms with E-state index < -0.39 is 0 Å². The fraction of sp³-hybridized carbons (Fsp3) is 0.600. The predicted molar refractivity (Wildman–Crippen MR) is 48.1 cm³/mol. The molecule has 0 spiro atoms. The molecule has 1 rings (SSSR count). The Balaban J connectivity index is 2.92. The standard InChI is InChI=1S/C10H14O3/c1-6-7(2)9(11)5-4-8(6)10(12)13-3/h8H,4-5H2,1-3H3. The number of Topliss-reactive ketones (excluding diaryl/α,β-unsaturated/α-hetero) is 1. The molecule has 1 unspecified atom stereocenters. The summed E-state index contributed by atoms with van der Waals surface area (Å²) < 4.78 is 4.66. The maximum atomic E-state index is 11.3. The van der Waals surface area contributed by atoms with Gasteiger partial charge in [0.25, 0.3) is 0 Å². The van der Waals surface area contributed by atoms with Crippen LogP contribution in [0.3, 0.4) is 0 Å². The molecule has 3 heteroatoms. The van der Waals surface area contributed by atoms with E-state index in [2.05, 4.69) is 4.74 Å². The van der Waals surface area contributed by atoms with E-state index in [1.54, 1.807) is 6.92 Å². The second-order valence-corrected chi connectivity index (χ2v) is 3.35. The van der Waals surface area contributed by atoms with Crippen LogP contribution in [0.1, 0.15) is 26.7 Å². The molecule has 0 amide bonds. The lowest BCUT2D eigenvalue weighted by Gasteiger charge is -2.21. The van der Waals surface area contributed by atoms with Crippen molar-refractivity contribution in [2.45, 2.75) is 26.7 Å². The molecule has 13 heavy (non-hydrogen) atoms. The number of methoxy groups -OCH3 is 1. The highest BCUT2D eigenvalue weighted by molar-refractivity contribution is 5.98. The molecule has 1 aliphatic rings. The van der Waals surface area contributed by atoms with E-state index >= 15 is 0 Å². The number of hydrogen-bond donors (Lipinski definition) is 0. The van der Waals surface area contributed by atoms with Crippen LogP contribution >= 0.6 is 0 Å². The summed E-state index contributed by atoms with van der Waals surface area (Å²) in [4.78, 5) is 22.5. The van der Waals surface area contributed by atoms with E-state index in [1.165, 1.54) is 7.11 Å². The van der Waals surface area contributed by atoms with Gasteiger partial charge in [-0.1, -0.05) is 5.57 Å². The number of ether oxygens (including phenoxy) is 1. The minimum absolute atomic E-state index is 0.151. The predicted octanol–water partition coefficient (Wildman–Crippen LogP) is 1.47. The summed E-state index contributed by atoms with van der Waals surface area (Å²) in [6.45, 7) is 3.60. The lowest BCUT2D eigenvalue weighted by atomic mass is 9.83. The van der Waals surface area contributed by atoms with Crippen molar-refractivity contribution in [2.75, 3.05) is 7.11 Å². The van der Waals surface area contributed by atoms with Gasteiger partial charge < -0.3 is 4.74 Å². The largest absolute Gasteiger partial charge is 0.469 e. The van der Waals surface area contributed by atoms with Gasteiger partial charge in [-0.25, -0.2) is 0 Å². The summed E-state index contributed by atoms with van der Waals surface area (Å²) in [6.07, 6.45) is 1.05. The van der Waals surface area contributed by atoms with Crippen LogP contribution in [0.15, 0.2) is 11.1 Å². The molecule has 1 atom stereocenters. The summed E-state index contributed by atoms with van der Waals surface area (Å²) in [5, 5.41) is 0. The molecule has 0 radical (unpaired) electrons. The zero-order valence-electron chi connectivity index (χ0n) is 8.22. The third-order valence-corrected chi connectivity index (χ3v) is 2.68. The first-order chi connectivity index (χ1) is 6.07. The van der Waals surface area contributed by atoms with Crippen molar-refractivity contribution in [1.29, 1.82) is 0 Å². The van der Waals surface area contributed by atoms with E-state index in [9.17, 15) is 9.59 Å². The second kappa shape index (κ2) is 3.73. The van der Waals surface area contributed by atoms with E-state index in [-0.39, 0.29) is 17.7 Å². The Morgan fingerprint density at radius 2 is 2.08 bits per heavy atom. The van der Waals surface area contributed by atoms with Crippen LogP contribution in [0.4, 0.5) is 0 Å². The van der Waals surface area contributed by atoms with Crippen molar-refractivity contribution in [2.24, 2.45) is 5.92 Å². The highest BCUT2D eigenvalue weighted by Crippen LogP contribution is 2.28. The minimum Gasteiger partial charge on any atom is -0.469 e. The summed E-state index contributed by atoms with van der Waals surface area (Å²) in [5.74, 6) is -0.287. The third-order valence-electron chi connectivity index (χ3n) is 2.68. The maximum absolute atomic E-state index is 11.3. The SMILES string of the molecule is COC(=O)C1CCC(=O)C(C)=C1C. The molecule has 0 heterocycles. The monoisotopic (exact) mass is 182 g/mol. The Kier molecular flexibility index (Phi) is 2.86. The first kappa shape index (κ1) is 9.96. The number of allylic oxidation sites excluding steroid dienone is 1. The summed E-state index contributed by atoms with van der Waals surface area (Å²) in [7, 11) is 1.38. The van der Waals surface area contributed by atoms with Gasteiger partial charge in [0.15, 0.2) is 5.78 Å². The van der Waals surface area contributed by atoms with E-state index in [4.69, 9.17) is 0 Å². The van der Waals surface area contributed by atoms with Gasteiger partial charge in [-0.05, 0) is 25.8 Å². The van der Waals surface area contributed by atoms with Gasteiger partial charge in [-0.3, -0.25) is 9.59 Å². The molecule has 0 bridgehead atoms. The normalized spacial score (nSPS) is 23.3. The molecular weight excluding hydrogens is 168 g/mol. The zero-order chi connectivity index (χ0) is 10.0. The zero-order valence-corrected chi connectivity index (χ0v) is 8.22. The fourth-order valence-electron chi connectivity index (χ4n) is 1.60. The Morgan fingerprint density at radius 1 is 1.46 bits per heavy atom. The van der Waals surface area contributed by atoms with Crippen molar-refractivity contribution < 1.29 is 14.3 Å². The molecule has 0 saturated carbocycles. The Labute approximate surface area is 77.8 Å². The van der Waals surface area contributed by atoms with Gasteiger partial charge in [-0.2, -0.15) is 0 Å². The number of rotatable bonds is 1. The Hall–Kier alpha value is -1.12. The quantitative estimate of drug-likeness (QED) is 0.577. The molecule has 0 fully saturated rings. The fourth-order valence-corrected chi connectivity index (χ4v) is 1.60. The number of esters is 1. The molecule has 3 nitrogen and oxygen atoms in total. The van der Waals surface area contributed by atoms with Crippen LogP contribution in [-0.4, -0.2) is 18.9 Å². The highest BCUT2D eigenvalue weighted by atomic mass is 16.5. The van der Waals surface area contributed by atoms with Crippen molar-refractivity contribution in [3.8, 4) is 0 Å². The average Bonchev–Trinajstić information content (AvgIpc) is 2.13. The van der Waals surface area contributed by atoms with Crippen LogP contribution in [0, 0.1) is 5.92 Å². The van der Waals surface area contributed by atoms with Crippen LogP contribution < -0.4 is 0 Å². The molecule has 0 N–H and O–H groups in total. The van der Waals surface area contributed by atoms with Crippen LogP contribution in [0.25, 0.3) is 0 Å². The smallest absolute Gasteiger partial charge is 0.312 e. The molecule has 0 aromatic rings. The van der Waals surface area contributed by atoms with Crippen LogP contribution in [0.5, 0.6) is 0 Å². The lowest BCUT2D eigenvalue weighted by Crippen LogP contribution is -2.24. The maximum Gasteiger partial charge on any atom is 0.312 e. The number of carbonyl (C=O) groups is 2. The molecular formula is C10H14O3. The molecule has 0 aromatic carbocycles. The molecule has 72 valence electrons. The van der Waals surface area contributed by atoms with Crippen molar-refractivity contribution in [3.05, 3.63) is 11.1 Å². The lowest BCUT2D eigenvalue weighted by molar-refractivity contribution is -0.144. The third kappa shape index (κ3) is 1.79. The topological polar surface area (TPSA) is 43.4 Å². The summed E-state index contributed by atoms with van der Waals surface area (Å²) in [6, 6.07) is 0. The van der Waals surface area contributed by atoms with Gasteiger partial charge in [-0.15, -0.1) is 0 Å². The van der Waals surface area contributed by atoms with Crippen LogP contribution in [-0.2, 0) is 14.3 Å². The van der Waals surface area contributed by atoms with Crippen molar-refractivity contribution in [3.63, 3.8) is 0 Å². The van der Waals surface area contributed by atoms with E-state index in [0.29, 0.717) is 12.8 Å². The van der Waals surface area contributed by atoms with Gasteiger partial charge in [0.1, 0.15) is 0 Å². The average molecular weight is 182 g/mol. The Morgan fingerprint density at radius 3 is 2.62 bits per heavy atom. The molecule has 0 aromatic heterocycles. The first-order valence-electron chi connectivity index (χ1n) is 4.36. The second-order valence-electron chi connectivity index (χ2n) is 3.35. The van der Waals surface area contributed by atoms with Gasteiger partial charge in [0.05, 0.1) is 13.0 Å². The summed E-state index contributed by atoms with van der Waals surface area (Å²) >= 11 is 0. The Bertz CT molecular complexity index is 276. The highest BCUT2D eigenvalue weighted by Gasteiger charge is 2.28. The van der Waals surface area contributed by atoms with E-state index in [1.807, 2.05) is 6.92 Å². The number of hydrogen-bond acceptors (Lipinski definition) is 3. The van der Waals surface area contributed by atoms with Gasteiger partial charge in [0.2, 0.25) is 0 Å². The number of carbonyl (C=O) groups excluding carboxylic acids is 2. The van der Waals surface area contributed by atoms with Crippen molar-refractivity contribution in [1.82, 2.24) is 0 Å². The van der Waals surface area contributed by atoms with Crippen molar-refractivity contribution >= 4 is 11.8 Å². The van der Waals surface area contributed by atoms with Gasteiger partial charge in [0, 0.05) is 6.42 Å². The molecule has 0 aliphatic heterocycles. The molecule has 0 saturated heterocycles. The summed E-state index contributed by atoms with van der Waals surface area (Å²) in [5.41, 5.74) is 1.59. The molecule has 1 aliphatic carbocycles. The van der Waals surface area contributed by atoms with Gasteiger partial charge >= 0.3 is 5.97 Å². The minimum atomic E-state index is -0.232. The first-order valence-corrected chi connectivity index (χ1v) is 4.36.